The van der Waals surface area contributed by atoms with E-state index < -0.39 is 11.5 Å². The summed E-state index contributed by atoms with van der Waals surface area (Å²) in [5.74, 6) is -0.873. The van der Waals surface area contributed by atoms with Crippen LogP contribution in [0.1, 0.15) is 25.8 Å². The minimum absolute atomic E-state index is 0.00931. The highest BCUT2D eigenvalue weighted by Crippen LogP contribution is 2.24. The van der Waals surface area contributed by atoms with Crippen molar-refractivity contribution in [1.29, 1.82) is 5.26 Å². The SMILES string of the molecule is CC(C)(CC(=O)O)Nc1ccc(C#N)c(Cl)c1. The van der Waals surface area contributed by atoms with Gasteiger partial charge in [-0.05, 0) is 32.0 Å². The van der Waals surface area contributed by atoms with Crippen LogP contribution in [0.3, 0.4) is 0 Å². The fourth-order valence-corrected chi connectivity index (χ4v) is 1.72. The summed E-state index contributed by atoms with van der Waals surface area (Å²) in [5, 5.41) is 20.9. The second-order valence-corrected chi connectivity index (χ2v) is 4.79. The number of hydrogen-bond acceptors (Lipinski definition) is 3. The molecule has 0 aliphatic rings. The van der Waals surface area contributed by atoms with E-state index in [1.807, 2.05) is 6.07 Å². The Morgan fingerprint density at radius 2 is 2.24 bits per heavy atom. The average molecular weight is 253 g/mol. The predicted octanol–water partition coefficient (Wildman–Crippen LogP) is 2.88. The third-order valence-electron chi connectivity index (χ3n) is 2.17. The van der Waals surface area contributed by atoms with Gasteiger partial charge < -0.3 is 10.4 Å². The predicted molar refractivity (Wildman–Crippen MR) is 66.1 cm³/mol. The summed E-state index contributed by atoms with van der Waals surface area (Å²) in [7, 11) is 0. The number of halogens is 1. The van der Waals surface area contributed by atoms with Gasteiger partial charge in [0.1, 0.15) is 6.07 Å². The van der Waals surface area contributed by atoms with Gasteiger partial charge in [0.25, 0.3) is 0 Å². The normalized spacial score (nSPS) is 10.7. The molecule has 1 aromatic carbocycles. The number of nitriles is 1. The van der Waals surface area contributed by atoms with Crippen LogP contribution >= 0.6 is 11.6 Å². The van der Waals surface area contributed by atoms with Crippen LogP contribution in [0.15, 0.2) is 18.2 Å². The number of carbonyl (C=O) groups is 1. The van der Waals surface area contributed by atoms with Crippen molar-refractivity contribution in [3.05, 3.63) is 28.8 Å². The summed E-state index contributed by atoms with van der Waals surface area (Å²) in [6.07, 6.45) is -0.00931. The summed E-state index contributed by atoms with van der Waals surface area (Å²) >= 11 is 5.89. The van der Waals surface area contributed by atoms with Gasteiger partial charge in [0, 0.05) is 11.2 Å². The molecule has 0 saturated carbocycles. The monoisotopic (exact) mass is 252 g/mol. The Hall–Kier alpha value is -1.73. The Morgan fingerprint density at radius 3 is 2.71 bits per heavy atom. The van der Waals surface area contributed by atoms with Gasteiger partial charge in [-0.1, -0.05) is 11.6 Å². The summed E-state index contributed by atoms with van der Waals surface area (Å²) in [6, 6.07) is 6.88. The van der Waals surface area contributed by atoms with Crippen molar-refractivity contribution in [3.63, 3.8) is 0 Å². The van der Waals surface area contributed by atoms with Crippen LogP contribution in [0, 0.1) is 11.3 Å². The van der Waals surface area contributed by atoms with Crippen molar-refractivity contribution in [2.24, 2.45) is 0 Å². The highest BCUT2D eigenvalue weighted by Gasteiger charge is 2.21. The van der Waals surface area contributed by atoms with E-state index in [2.05, 4.69) is 5.32 Å². The summed E-state index contributed by atoms with van der Waals surface area (Å²) < 4.78 is 0. The smallest absolute Gasteiger partial charge is 0.305 e. The largest absolute Gasteiger partial charge is 0.481 e. The lowest BCUT2D eigenvalue weighted by Crippen LogP contribution is -2.33. The molecule has 5 heteroatoms. The summed E-state index contributed by atoms with van der Waals surface area (Å²) in [5.41, 5.74) is 0.511. The maximum atomic E-state index is 10.7. The maximum Gasteiger partial charge on any atom is 0.305 e. The molecule has 0 radical (unpaired) electrons. The Labute approximate surface area is 105 Å². The van der Waals surface area contributed by atoms with Gasteiger partial charge in [0.2, 0.25) is 0 Å². The molecule has 0 spiro atoms. The number of carboxylic acids is 1. The lowest BCUT2D eigenvalue weighted by Gasteiger charge is -2.25. The van der Waals surface area contributed by atoms with Crippen LogP contribution in [-0.4, -0.2) is 16.6 Å². The second-order valence-electron chi connectivity index (χ2n) is 4.39. The van der Waals surface area contributed by atoms with E-state index in [1.54, 1.807) is 32.0 Å². The fourth-order valence-electron chi connectivity index (χ4n) is 1.50. The lowest BCUT2D eigenvalue weighted by atomic mass is 10.0. The van der Waals surface area contributed by atoms with E-state index in [4.69, 9.17) is 22.0 Å². The minimum atomic E-state index is -0.873. The molecule has 0 amide bonds. The number of nitrogens with zero attached hydrogens (tertiary/aromatic N) is 1. The van der Waals surface area contributed by atoms with Crippen LogP contribution in [-0.2, 0) is 4.79 Å². The van der Waals surface area contributed by atoms with Gasteiger partial charge in [0.05, 0.1) is 17.0 Å². The first-order valence-electron chi connectivity index (χ1n) is 5.04. The first kappa shape index (κ1) is 13.3. The van der Waals surface area contributed by atoms with E-state index in [0.29, 0.717) is 16.3 Å². The highest BCUT2D eigenvalue weighted by atomic mass is 35.5. The molecule has 2 N–H and O–H groups in total. The number of rotatable bonds is 4. The number of aliphatic carboxylic acids is 1. The number of hydrogen-bond donors (Lipinski definition) is 2. The van der Waals surface area contributed by atoms with Gasteiger partial charge in [0.15, 0.2) is 0 Å². The van der Waals surface area contributed by atoms with Gasteiger partial charge in [-0.3, -0.25) is 4.79 Å². The molecular weight excluding hydrogens is 240 g/mol. The lowest BCUT2D eigenvalue weighted by molar-refractivity contribution is -0.137. The zero-order chi connectivity index (χ0) is 13.1. The van der Waals surface area contributed by atoms with Crippen molar-refractivity contribution >= 4 is 23.3 Å². The van der Waals surface area contributed by atoms with Gasteiger partial charge in [-0.2, -0.15) is 5.26 Å². The second kappa shape index (κ2) is 5.07. The topological polar surface area (TPSA) is 73.1 Å². The van der Waals surface area contributed by atoms with Crippen LogP contribution in [0.5, 0.6) is 0 Å². The Balaban J connectivity index is 2.86. The molecule has 0 heterocycles. The van der Waals surface area contributed by atoms with Crippen molar-refractivity contribution in [1.82, 2.24) is 0 Å². The van der Waals surface area contributed by atoms with E-state index in [1.165, 1.54) is 0 Å². The molecule has 1 aromatic rings. The first-order valence-corrected chi connectivity index (χ1v) is 5.41. The standard InChI is InChI=1S/C12H13ClN2O2/c1-12(2,6-11(16)17)15-9-4-3-8(7-14)10(13)5-9/h3-5,15H,6H2,1-2H3,(H,16,17). The molecule has 0 saturated heterocycles. The van der Waals surface area contributed by atoms with E-state index in [0.717, 1.165) is 0 Å². The van der Waals surface area contributed by atoms with Gasteiger partial charge in [-0.15, -0.1) is 0 Å². The number of benzene rings is 1. The van der Waals surface area contributed by atoms with E-state index >= 15 is 0 Å². The minimum Gasteiger partial charge on any atom is -0.481 e. The third kappa shape index (κ3) is 3.97. The molecule has 90 valence electrons. The molecule has 17 heavy (non-hydrogen) atoms. The van der Waals surface area contributed by atoms with Crippen molar-refractivity contribution < 1.29 is 9.90 Å². The molecule has 0 bridgehead atoms. The molecule has 0 atom stereocenters. The molecule has 0 fully saturated rings. The Bertz CT molecular complexity index is 478. The Morgan fingerprint density at radius 1 is 1.59 bits per heavy atom. The number of nitrogens with one attached hydrogen (secondary N) is 1. The van der Waals surface area contributed by atoms with Crippen molar-refractivity contribution in [2.75, 3.05) is 5.32 Å². The highest BCUT2D eigenvalue weighted by molar-refractivity contribution is 6.32. The van der Waals surface area contributed by atoms with Crippen LogP contribution < -0.4 is 5.32 Å². The van der Waals surface area contributed by atoms with Gasteiger partial charge >= 0.3 is 5.97 Å². The van der Waals surface area contributed by atoms with Crippen molar-refractivity contribution in [3.8, 4) is 6.07 Å². The average Bonchev–Trinajstić information content (AvgIpc) is 2.14. The van der Waals surface area contributed by atoms with Gasteiger partial charge in [-0.25, -0.2) is 0 Å². The maximum absolute atomic E-state index is 10.7. The molecule has 0 aromatic heterocycles. The summed E-state index contributed by atoms with van der Waals surface area (Å²) in [4.78, 5) is 10.7. The van der Waals surface area contributed by atoms with Crippen LogP contribution in [0.25, 0.3) is 0 Å². The first-order chi connectivity index (χ1) is 7.84. The molecule has 1 rings (SSSR count). The number of anilines is 1. The molecule has 0 unspecified atom stereocenters. The summed E-state index contributed by atoms with van der Waals surface area (Å²) in [6.45, 7) is 3.57. The molecule has 0 aliphatic heterocycles. The van der Waals surface area contributed by atoms with E-state index in [-0.39, 0.29) is 6.42 Å². The third-order valence-corrected chi connectivity index (χ3v) is 2.48. The zero-order valence-electron chi connectivity index (χ0n) is 9.62. The fraction of sp³-hybridized carbons (Fsp3) is 0.333. The van der Waals surface area contributed by atoms with E-state index in [9.17, 15) is 4.79 Å². The number of carboxylic acid groups (broad SMARTS) is 1. The molecule has 0 aliphatic carbocycles. The molecular formula is C12H13ClN2O2. The Kier molecular flexibility index (Phi) is 3.97. The zero-order valence-corrected chi connectivity index (χ0v) is 10.4. The molecule has 4 nitrogen and oxygen atoms in total. The quantitative estimate of drug-likeness (QED) is 0.864. The van der Waals surface area contributed by atoms with Crippen LogP contribution in [0.4, 0.5) is 5.69 Å². The van der Waals surface area contributed by atoms with Crippen LogP contribution in [0.2, 0.25) is 5.02 Å². The van der Waals surface area contributed by atoms with Crippen molar-refractivity contribution in [2.45, 2.75) is 25.8 Å².